The molecule has 0 aliphatic carbocycles. The van der Waals surface area contributed by atoms with Gasteiger partial charge in [0.15, 0.2) is 0 Å². The molecule has 3 rings (SSSR count). The third-order valence-corrected chi connectivity index (χ3v) is 4.02. The predicted octanol–water partition coefficient (Wildman–Crippen LogP) is 1.66. The van der Waals surface area contributed by atoms with E-state index in [4.69, 9.17) is 0 Å². The molecule has 2 aliphatic heterocycles. The lowest BCUT2D eigenvalue weighted by molar-refractivity contribution is -0.132. The molecule has 1 amide bonds. The Morgan fingerprint density at radius 3 is 2.88 bits per heavy atom. The molecule has 2 aliphatic rings. The number of carbonyl (C=O) groups excluding carboxylic acids is 1. The molecule has 3 heteroatoms. The Hall–Kier alpha value is -1.35. The highest BCUT2D eigenvalue weighted by atomic mass is 16.3. The molecule has 90 valence electrons. The van der Waals surface area contributed by atoms with Crippen LogP contribution in [0.1, 0.15) is 36.4 Å². The van der Waals surface area contributed by atoms with Crippen molar-refractivity contribution < 1.29 is 9.90 Å². The molecule has 0 spiro atoms. The fraction of sp³-hybridized carbons (Fsp3) is 0.500. The summed E-state index contributed by atoms with van der Waals surface area (Å²) in [7, 11) is 0. The lowest BCUT2D eigenvalue weighted by atomic mass is 9.97. The Kier molecular flexibility index (Phi) is 2.63. The summed E-state index contributed by atoms with van der Waals surface area (Å²) in [6.07, 6.45) is 3.35. The number of amides is 1. The molecule has 17 heavy (non-hydrogen) atoms. The largest absolute Gasteiger partial charge is 0.394 e. The van der Waals surface area contributed by atoms with Crippen molar-refractivity contribution in [1.29, 1.82) is 0 Å². The maximum absolute atomic E-state index is 12.0. The second kappa shape index (κ2) is 4.15. The first-order valence-electron chi connectivity index (χ1n) is 6.31. The minimum Gasteiger partial charge on any atom is -0.394 e. The number of fused-ring (bicyclic) bond motifs is 3. The maximum Gasteiger partial charge on any atom is 0.223 e. The van der Waals surface area contributed by atoms with Gasteiger partial charge in [0.2, 0.25) is 5.91 Å². The van der Waals surface area contributed by atoms with E-state index in [9.17, 15) is 9.90 Å². The van der Waals surface area contributed by atoms with Crippen LogP contribution in [0.4, 0.5) is 0 Å². The van der Waals surface area contributed by atoms with E-state index in [0.29, 0.717) is 6.42 Å². The van der Waals surface area contributed by atoms with Crippen LogP contribution in [0.25, 0.3) is 0 Å². The van der Waals surface area contributed by atoms with Gasteiger partial charge in [-0.3, -0.25) is 4.79 Å². The summed E-state index contributed by atoms with van der Waals surface area (Å²) in [5.74, 6) is 0.200. The fourth-order valence-corrected chi connectivity index (χ4v) is 3.19. The van der Waals surface area contributed by atoms with Crippen LogP contribution in [0.5, 0.6) is 0 Å². The molecule has 0 saturated carbocycles. The van der Waals surface area contributed by atoms with E-state index in [-0.39, 0.29) is 24.6 Å². The van der Waals surface area contributed by atoms with Gasteiger partial charge >= 0.3 is 0 Å². The first-order valence-corrected chi connectivity index (χ1v) is 6.31. The van der Waals surface area contributed by atoms with E-state index in [2.05, 4.69) is 18.2 Å². The molecule has 0 radical (unpaired) electrons. The molecule has 0 unspecified atom stereocenters. The number of carbonyl (C=O) groups is 1. The Balaban J connectivity index is 2.05. The predicted molar refractivity (Wildman–Crippen MR) is 64.5 cm³/mol. The van der Waals surface area contributed by atoms with E-state index >= 15 is 0 Å². The van der Waals surface area contributed by atoms with Crippen LogP contribution < -0.4 is 0 Å². The highest BCUT2D eigenvalue weighted by molar-refractivity contribution is 5.79. The normalized spacial score (nSPS) is 27.6. The SMILES string of the molecule is O=C1CC[C@@H]2c3ccccc3CC[C@@H](CO)N12. The molecule has 2 heterocycles. The van der Waals surface area contributed by atoms with Crippen molar-refractivity contribution in [2.45, 2.75) is 37.8 Å². The van der Waals surface area contributed by atoms with Gasteiger partial charge in [-0.25, -0.2) is 0 Å². The smallest absolute Gasteiger partial charge is 0.223 e. The van der Waals surface area contributed by atoms with E-state index in [0.717, 1.165) is 19.3 Å². The number of aryl methyl sites for hydroxylation is 1. The van der Waals surface area contributed by atoms with Crippen LogP contribution in [0.15, 0.2) is 24.3 Å². The van der Waals surface area contributed by atoms with Crippen LogP contribution in [0, 0.1) is 0 Å². The van der Waals surface area contributed by atoms with Crippen molar-refractivity contribution in [3.05, 3.63) is 35.4 Å². The molecule has 2 atom stereocenters. The van der Waals surface area contributed by atoms with Crippen LogP contribution in [-0.4, -0.2) is 28.6 Å². The second-order valence-electron chi connectivity index (χ2n) is 4.93. The first-order chi connectivity index (χ1) is 8.31. The topological polar surface area (TPSA) is 40.5 Å². The highest BCUT2D eigenvalue weighted by Gasteiger charge is 2.39. The Bertz CT molecular complexity index is 444. The van der Waals surface area contributed by atoms with Gasteiger partial charge in [-0.2, -0.15) is 0 Å². The van der Waals surface area contributed by atoms with E-state index in [1.54, 1.807) is 0 Å². The number of nitrogens with zero attached hydrogens (tertiary/aromatic N) is 1. The zero-order valence-electron chi connectivity index (χ0n) is 9.80. The molecule has 3 nitrogen and oxygen atoms in total. The van der Waals surface area contributed by atoms with Crippen molar-refractivity contribution in [2.24, 2.45) is 0 Å². The van der Waals surface area contributed by atoms with Crippen LogP contribution in [0.2, 0.25) is 0 Å². The van der Waals surface area contributed by atoms with Crippen molar-refractivity contribution in [3.8, 4) is 0 Å². The van der Waals surface area contributed by atoms with Gasteiger partial charge in [0.25, 0.3) is 0 Å². The molecular formula is C14H17NO2. The van der Waals surface area contributed by atoms with Gasteiger partial charge in [0, 0.05) is 6.42 Å². The highest BCUT2D eigenvalue weighted by Crippen LogP contribution is 2.39. The average molecular weight is 231 g/mol. The van der Waals surface area contributed by atoms with E-state index in [1.807, 2.05) is 11.0 Å². The minimum absolute atomic E-state index is 0.00222. The van der Waals surface area contributed by atoms with Gasteiger partial charge in [-0.1, -0.05) is 24.3 Å². The lowest BCUT2D eigenvalue weighted by Gasteiger charge is -2.30. The van der Waals surface area contributed by atoms with Gasteiger partial charge in [0.05, 0.1) is 18.7 Å². The van der Waals surface area contributed by atoms with Gasteiger partial charge in [0.1, 0.15) is 0 Å². The summed E-state index contributed by atoms with van der Waals surface area (Å²) >= 11 is 0. The van der Waals surface area contributed by atoms with E-state index in [1.165, 1.54) is 11.1 Å². The number of benzene rings is 1. The molecular weight excluding hydrogens is 214 g/mol. The van der Waals surface area contributed by atoms with Crippen LogP contribution in [-0.2, 0) is 11.2 Å². The van der Waals surface area contributed by atoms with Crippen molar-refractivity contribution >= 4 is 5.91 Å². The van der Waals surface area contributed by atoms with Gasteiger partial charge in [-0.05, 0) is 30.4 Å². The zero-order valence-corrected chi connectivity index (χ0v) is 9.80. The summed E-state index contributed by atoms with van der Waals surface area (Å²) in [5, 5.41) is 9.47. The minimum atomic E-state index is 0.00222. The Morgan fingerprint density at radius 2 is 2.06 bits per heavy atom. The van der Waals surface area contributed by atoms with Crippen molar-refractivity contribution in [2.75, 3.05) is 6.61 Å². The summed E-state index contributed by atoms with van der Waals surface area (Å²) in [5.41, 5.74) is 2.63. The summed E-state index contributed by atoms with van der Waals surface area (Å²) in [6, 6.07) is 8.57. The van der Waals surface area contributed by atoms with Crippen molar-refractivity contribution in [1.82, 2.24) is 4.90 Å². The molecule has 1 saturated heterocycles. The number of aliphatic hydroxyl groups is 1. The number of rotatable bonds is 1. The standard InChI is InChI=1S/C14H17NO2/c16-9-11-6-5-10-3-1-2-4-12(10)13-7-8-14(17)15(11)13/h1-4,11,13,16H,5-9H2/t11-,13+/m0/s1. The summed E-state index contributed by atoms with van der Waals surface area (Å²) in [4.78, 5) is 13.9. The molecule has 0 aromatic heterocycles. The fourth-order valence-electron chi connectivity index (χ4n) is 3.19. The number of hydrogen-bond donors (Lipinski definition) is 1. The molecule has 1 N–H and O–H groups in total. The first kappa shape index (κ1) is 10.8. The summed E-state index contributed by atoms with van der Waals surface area (Å²) in [6.45, 7) is 0.0796. The third kappa shape index (κ3) is 1.65. The lowest BCUT2D eigenvalue weighted by Crippen LogP contribution is -2.39. The zero-order chi connectivity index (χ0) is 11.8. The summed E-state index contributed by atoms with van der Waals surface area (Å²) < 4.78 is 0. The van der Waals surface area contributed by atoms with E-state index < -0.39 is 0 Å². The Morgan fingerprint density at radius 1 is 1.24 bits per heavy atom. The average Bonchev–Trinajstić information content (AvgIpc) is 2.66. The third-order valence-electron chi connectivity index (χ3n) is 4.02. The Labute approximate surface area is 101 Å². The molecule has 1 fully saturated rings. The monoisotopic (exact) mass is 231 g/mol. The molecule has 0 bridgehead atoms. The van der Waals surface area contributed by atoms with Gasteiger partial charge in [-0.15, -0.1) is 0 Å². The quantitative estimate of drug-likeness (QED) is 0.798. The van der Waals surface area contributed by atoms with Crippen molar-refractivity contribution in [3.63, 3.8) is 0 Å². The molecule has 1 aromatic rings. The number of hydrogen-bond acceptors (Lipinski definition) is 2. The molecule has 1 aromatic carbocycles. The number of aliphatic hydroxyl groups excluding tert-OH is 1. The maximum atomic E-state index is 12.0. The second-order valence-corrected chi connectivity index (χ2v) is 4.93. The van der Waals surface area contributed by atoms with Crippen LogP contribution in [0.3, 0.4) is 0 Å². The van der Waals surface area contributed by atoms with Crippen LogP contribution >= 0.6 is 0 Å². The van der Waals surface area contributed by atoms with Gasteiger partial charge < -0.3 is 10.0 Å².